The number of nitrogens with zero attached hydrogens (tertiary/aromatic N) is 2. The molecule has 5 rings (SSSR count). The second-order valence-corrected chi connectivity index (χ2v) is 10.4. The molecule has 1 aromatic carbocycles. The van der Waals surface area contributed by atoms with Crippen LogP contribution in [0.3, 0.4) is 0 Å². The number of aromatic amines is 1. The maximum atomic E-state index is 14.7. The number of carbonyl (C=O) groups is 2. The highest BCUT2D eigenvalue weighted by Crippen LogP contribution is 2.40. The first-order chi connectivity index (χ1) is 19.0. The van der Waals surface area contributed by atoms with Gasteiger partial charge in [-0.2, -0.15) is 13.2 Å². The van der Waals surface area contributed by atoms with Gasteiger partial charge in [-0.15, -0.1) is 0 Å². The summed E-state index contributed by atoms with van der Waals surface area (Å²) in [4.78, 5) is 36.3. The Balaban J connectivity index is 1.43. The Hall–Kier alpha value is -3.74. The van der Waals surface area contributed by atoms with Crippen molar-refractivity contribution < 1.29 is 37.0 Å². The fraction of sp³-hybridized carbons (Fsp3) is 0.481. The summed E-state index contributed by atoms with van der Waals surface area (Å²) in [6.07, 6.45) is -2.17. The first-order valence-corrected chi connectivity index (χ1v) is 13.1. The molecule has 3 atom stereocenters. The number of aromatic nitrogens is 3. The first kappa shape index (κ1) is 27.8. The molecule has 0 aliphatic heterocycles. The molecule has 3 aromatic rings. The fourth-order valence-electron chi connectivity index (χ4n) is 5.03. The van der Waals surface area contributed by atoms with Gasteiger partial charge in [0.15, 0.2) is 0 Å². The summed E-state index contributed by atoms with van der Waals surface area (Å²) in [5.41, 5.74) is 0.513. The number of rotatable bonds is 8. The molecule has 0 radical (unpaired) electrons. The number of aliphatic hydroxyl groups is 1. The highest BCUT2D eigenvalue weighted by atomic mass is 19.4. The number of hydrogen-bond donors (Lipinski definition) is 4. The molecule has 2 heterocycles. The van der Waals surface area contributed by atoms with Crippen molar-refractivity contribution in [2.24, 2.45) is 5.92 Å². The van der Waals surface area contributed by atoms with Crippen LogP contribution in [0.2, 0.25) is 0 Å². The number of ether oxygens (including phenoxy) is 1. The molecule has 0 unspecified atom stereocenters. The van der Waals surface area contributed by atoms with E-state index in [2.05, 4.69) is 25.6 Å². The third-order valence-electron chi connectivity index (χ3n) is 7.33. The van der Waals surface area contributed by atoms with Gasteiger partial charge in [0.25, 0.3) is 5.91 Å². The smallest absolute Gasteiger partial charge is 0.416 e. The predicted octanol–water partition coefficient (Wildman–Crippen LogP) is 3.84. The molecule has 2 aromatic heterocycles. The molecule has 4 N–H and O–H groups in total. The molecule has 0 saturated heterocycles. The molecule has 2 aliphatic rings. The van der Waals surface area contributed by atoms with Crippen molar-refractivity contribution in [3.8, 4) is 17.0 Å². The highest BCUT2D eigenvalue weighted by molar-refractivity contribution is 6.09. The van der Waals surface area contributed by atoms with Crippen LogP contribution in [0.15, 0.2) is 24.5 Å². The van der Waals surface area contributed by atoms with Gasteiger partial charge < -0.3 is 25.5 Å². The van der Waals surface area contributed by atoms with E-state index < -0.39 is 48.4 Å². The van der Waals surface area contributed by atoms with E-state index in [9.17, 15) is 27.2 Å². The number of halogens is 4. The van der Waals surface area contributed by atoms with Gasteiger partial charge in [0.05, 0.1) is 29.3 Å². The molecular weight excluding hydrogens is 534 g/mol. The summed E-state index contributed by atoms with van der Waals surface area (Å²) in [5.74, 6) is -0.565. The van der Waals surface area contributed by atoms with Crippen LogP contribution in [0.5, 0.6) is 5.75 Å². The van der Waals surface area contributed by atoms with Crippen molar-refractivity contribution in [1.29, 1.82) is 0 Å². The van der Waals surface area contributed by atoms with Crippen molar-refractivity contribution in [1.82, 2.24) is 25.6 Å². The normalized spacial score (nSPS) is 21.3. The number of aryl methyl sites for hydroxylation is 1. The van der Waals surface area contributed by atoms with E-state index in [1.54, 1.807) is 6.92 Å². The number of carbonyl (C=O) groups excluding carboxylic acids is 2. The first-order valence-electron chi connectivity index (χ1n) is 13.1. The van der Waals surface area contributed by atoms with Crippen LogP contribution in [0.4, 0.5) is 17.6 Å². The molecule has 9 nitrogen and oxygen atoms in total. The van der Waals surface area contributed by atoms with Gasteiger partial charge in [-0.25, -0.2) is 14.4 Å². The molecule has 2 amide bonds. The summed E-state index contributed by atoms with van der Waals surface area (Å²) in [5, 5.41) is 14.1. The van der Waals surface area contributed by atoms with Crippen molar-refractivity contribution in [2.75, 3.05) is 13.2 Å². The van der Waals surface area contributed by atoms with Crippen molar-refractivity contribution in [3.63, 3.8) is 0 Å². The van der Waals surface area contributed by atoms with Gasteiger partial charge in [-0.1, -0.05) is 0 Å². The summed E-state index contributed by atoms with van der Waals surface area (Å²) < 4.78 is 61.3. The summed E-state index contributed by atoms with van der Waals surface area (Å²) in [7, 11) is 0. The number of alkyl halides is 4. The molecule has 214 valence electrons. The molecule has 0 bridgehead atoms. The van der Waals surface area contributed by atoms with Crippen LogP contribution >= 0.6 is 0 Å². The lowest BCUT2D eigenvalue weighted by atomic mass is 9.89. The van der Waals surface area contributed by atoms with Crippen LogP contribution in [0, 0.1) is 12.8 Å². The summed E-state index contributed by atoms with van der Waals surface area (Å²) in [6.45, 7) is 1.28. The van der Waals surface area contributed by atoms with Crippen molar-refractivity contribution >= 4 is 22.8 Å². The maximum absolute atomic E-state index is 14.7. The van der Waals surface area contributed by atoms with Gasteiger partial charge in [-0.05, 0) is 56.7 Å². The van der Waals surface area contributed by atoms with Crippen LogP contribution in [0.25, 0.3) is 22.3 Å². The molecule has 2 aliphatic carbocycles. The van der Waals surface area contributed by atoms with Crippen LogP contribution in [-0.4, -0.2) is 63.3 Å². The topological polar surface area (TPSA) is 129 Å². The molecule has 40 heavy (non-hydrogen) atoms. The zero-order valence-corrected chi connectivity index (χ0v) is 21.6. The maximum Gasteiger partial charge on any atom is 0.416 e. The van der Waals surface area contributed by atoms with Crippen LogP contribution in [0.1, 0.15) is 53.7 Å². The van der Waals surface area contributed by atoms with Gasteiger partial charge in [0.1, 0.15) is 36.1 Å². The predicted molar refractivity (Wildman–Crippen MR) is 136 cm³/mol. The Labute approximate surface area is 226 Å². The standard InChI is InChI=1S/C27H29F4N5O4/c1-13-22(26(39)35-16-5-6-19(18(28)9-16)36-21(38)10-37)24-25(34-13)23(32-12-33-24)17-8-15(27(29,30)31)4-7-20(17)40-11-14-2-3-14/h4,7-8,12,14,16,18-19,34,37H,2-3,5-6,9-11H2,1H3,(H,35,39)(H,36,38)/t16-,18-,19-/m1/s1. The molecule has 2 saturated carbocycles. The Bertz CT molecular complexity index is 1420. The minimum atomic E-state index is -4.58. The third-order valence-corrected chi connectivity index (χ3v) is 7.33. The van der Waals surface area contributed by atoms with Gasteiger partial charge in [-0.3, -0.25) is 9.59 Å². The SMILES string of the molecule is Cc1[nH]c2c(-c3cc(C(F)(F)F)ccc3OCC3CC3)ncnc2c1C(=O)N[C@@H]1CC[C@@H](NC(=O)CO)[C@H](F)C1. The van der Waals surface area contributed by atoms with E-state index in [-0.39, 0.29) is 46.4 Å². The minimum absolute atomic E-state index is 0.0321. The lowest BCUT2D eigenvalue weighted by Crippen LogP contribution is -2.50. The third kappa shape index (κ3) is 5.88. The molecule has 2 fully saturated rings. The quantitative estimate of drug-likeness (QED) is 0.309. The second kappa shape index (κ2) is 11.0. The number of hydrogen-bond acceptors (Lipinski definition) is 6. The van der Waals surface area contributed by atoms with E-state index >= 15 is 0 Å². The highest BCUT2D eigenvalue weighted by Gasteiger charge is 2.34. The monoisotopic (exact) mass is 563 g/mol. The Morgan fingerprint density at radius 1 is 1.15 bits per heavy atom. The number of fused-ring (bicyclic) bond motifs is 1. The summed E-state index contributed by atoms with van der Waals surface area (Å²) >= 11 is 0. The molecule has 0 spiro atoms. The van der Waals surface area contributed by atoms with Crippen molar-refractivity contribution in [3.05, 3.63) is 41.3 Å². The molecule has 13 heteroatoms. The largest absolute Gasteiger partial charge is 0.493 e. The lowest BCUT2D eigenvalue weighted by Gasteiger charge is -2.32. The lowest BCUT2D eigenvalue weighted by molar-refractivity contribution is -0.137. The number of H-pyrrole nitrogens is 1. The van der Waals surface area contributed by atoms with Gasteiger partial charge in [0, 0.05) is 23.7 Å². The average Bonchev–Trinajstić information content (AvgIpc) is 3.67. The van der Waals surface area contributed by atoms with E-state index in [0.717, 1.165) is 25.0 Å². The van der Waals surface area contributed by atoms with E-state index in [1.165, 1.54) is 12.4 Å². The summed E-state index contributed by atoms with van der Waals surface area (Å²) in [6, 6.07) is 1.97. The number of amides is 2. The minimum Gasteiger partial charge on any atom is -0.493 e. The zero-order chi connectivity index (χ0) is 28.6. The van der Waals surface area contributed by atoms with Crippen molar-refractivity contribution in [2.45, 2.75) is 63.5 Å². The van der Waals surface area contributed by atoms with Gasteiger partial charge in [0.2, 0.25) is 5.91 Å². The van der Waals surface area contributed by atoms with Crippen LogP contribution in [-0.2, 0) is 11.0 Å². The Kier molecular flexibility index (Phi) is 7.67. The fourth-order valence-corrected chi connectivity index (χ4v) is 5.03. The molecular formula is C27H29F4N5O4. The number of benzene rings is 1. The zero-order valence-electron chi connectivity index (χ0n) is 21.6. The number of aliphatic hydroxyl groups excluding tert-OH is 1. The second-order valence-electron chi connectivity index (χ2n) is 10.4. The Morgan fingerprint density at radius 3 is 2.60 bits per heavy atom. The van der Waals surface area contributed by atoms with E-state index in [1.807, 2.05) is 0 Å². The van der Waals surface area contributed by atoms with Crippen LogP contribution < -0.4 is 15.4 Å². The van der Waals surface area contributed by atoms with Gasteiger partial charge >= 0.3 is 6.18 Å². The van der Waals surface area contributed by atoms with E-state index in [0.29, 0.717) is 24.6 Å². The average molecular weight is 564 g/mol. The Morgan fingerprint density at radius 2 is 1.93 bits per heavy atom. The van der Waals surface area contributed by atoms with E-state index in [4.69, 9.17) is 9.84 Å². The number of nitrogens with one attached hydrogen (secondary N) is 3.